The molecule has 0 aliphatic carbocycles. The highest BCUT2D eigenvalue weighted by Crippen LogP contribution is 2.40. The summed E-state index contributed by atoms with van der Waals surface area (Å²) >= 11 is 0. The lowest BCUT2D eigenvalue weighted by Gasteiger charge is -2.11. The molecule has 5 heteroatoms. The third kappa shape index (κ3) is 2.19. The van der Waals surface area contributed by atoms with Crippen molar-refractivity contribution in [2.75, 3.05) is 20.0 Å². The van der Waals surface area contributed by atoms with Gasteiger partial charge in [0.25, 0.3) is 0 Å². The molecule has 0 spiro atoms. The largest absolute Gasteiger partial charge is 0.493 e. The van der Waals surface area contributed by atoms with Crippen LogP contribution in [0, 0.1) is 0 Å². The fourth-order valence-electron chi connectivity index (χ4n) is 2.32. The number of ether oxygens (including phenoxy) is 2. The minimum Gasteiger partial charge on any atom is -0.493 e. The Bertz CT molecular complexity index is 618. The lowest BCUT2D eigenvalue weighted by Crippen LogP contribution is -2.03. The number of hydrogen-bond donors (Lipinski definition) is 1. The standard InChI is InChI=1S/C15H21N3O2/c1-9(2)15-17-12(14(16)18(15)3)10-7-6-8-11(19-4)13(10)20-5/h6-9H,16H2,1-5H3. The molecule has 0 aliphatic rings. The van der Waals surface area contributed by atoms with Gasteiger partial charge >= 0.3 is 0 Å². The maximum Gasteiger partial charge on any atom is 0.170 e. The molecule has 1 heterocycles. The van der Waals surface area contributed by atoms with Gasteiger partial charge in [-0.1, -0.05) is 19.9 Å². The quantitative estimate of drug-likeness (QED) is 0.932. The topological polar surface area (TPSA) is 62.3 Å². The Morgan fingerprint density at radius 2 is 1.90 bits per heavy atom. The summed E-state index contributed by atoms with van der Waals surface area (Å²) in [4.78, 5) is 4.67. The molecule has 0 unspecified atom stereocenters. The summed E-state index contributed by atoms with van der Waals surface area (Å²) in [5, 5.41) is 0. The number of imidazole rings is 1. The number of methoxy groups -OCH3 is 2. The van der Waals surface area contributed by atoms with Gasteiger partial charge < -0.3 is 19.8 Å². The van der Waals surface area contributed by atoms with Crippen LogP contribution in [0.1, 0.15) is 25.6 Å². The lowest BCUT2D eigenvalue weighted by atomic mass is 10.1. The van der Waals surface area contributed by atoms with E-state index in [1.807, 2.05) is 29.8 Å². The molecule has 0 bridgehead atoms. The molecule has 0 amide bonds. The number of nitrogens with two attached hydrogens (primary N) is 1. The van der Waals surface area contributed by atoms with E-state index in [4.69, 9.17) is 15.2 Å². The Morgan fingerprint density at radius 3 is 2.40 bits per heavy atom. The zero-order valence-electron chi connectivity index (χ0n) is 12.6. The van der Waals surface area contributed by atoms with Crippen molar-refractivity contribution in [1.29, 1.82) is 0 Å². The van der Waals surface area contributed by atoms with Gasteiger partial charge in [-0.05, 0) is 12.1 Å². The molecule has 0 radical (unpaired) electrons. The minimum atomic E-state index is 0.299. The summed E-state index contributed by atoms with van der Waals surface area (Å²) in [7, 11) is 5.15. The zero-order valence-corrected chi connectivity index (χ0v) is 12.6. The van der Waals surface area contributed by atoms with Gasteiger partial charge in [-0.2, -0.15) is 0 Å². The molecular formula is C15H21N3O2. The number of nitrogens with zero attached hydrogens (tertiary/aromatic N) is 2. The molecule has 0 atom stereocenters. The predicted molar refractivity (Wildman–Crippen MR) is 80.2 cm³/mol. The number of aromatic nitrogens is 2. The van der Waals surface area contributed by atoms with E-state index in [-0.39, 0.29) is 0 Å². The van der Waals surface area contributed by atoms with E-state index in [1.165, 1.54) is 0 Å². The van der Waals surface area contributed by atoms with Crippen LogP contribution >= 0.6 is 0 Å². The Kier molecular flexibility index (Phi) is 3.88. The average molecular weight is 275 g/mol. The fraction of sp³-hybridized carbons (Fsp3) is 0.400. The zero-order chi connectivity index (χ0) is 14.9. The molecule has 2 aromatic rings. The molecule has 108 valence electrons. The summed E-state index contributed by atoms with van der Waals surface area (Å²) in [5.74, 6) is 3.19. The van der Waals surface area contributed by atoms with E-state index in [0.717, 1.165) is 17.1 Å². The maximum atomic E-state index is 6.19. The molecule has 2 rings (SSSR count). The highest BCUT2D eigenvalue weighted by molar-refractivity contribution is 5.78. The van der Waals surface area contributed by atoms with Crippen molar-refractivity contribution >= 4 is 5.82 Å². The first-order chi connectivity index (χ1) is 9.51. The molecule has 1 aromatic carbocycles. The first-order valence-electron chi connectivity index (χ1n) is 6.54. The Hall–Kier alpha value is -2.17. The van der Waals surface area contributed by atoms with E-state index < -0.39 is 0 Å². The Morgan fingerprint density at radius 1 is 1.20 bits per heavy atom. The van der Waals surface area contributed by atoms with Gasteiger partial charge in [-0.25, -0.2) is 4.98 Å². The normalized spacial score (nSPS) is 10.9. The number of anilines is 1. The van der Waals surface area contributed by atoms with Crippen LogP contribution in [-0.4, -0.2) is 23.8 Å². The van der Waals surface area contributed by atoms with Gasteiger partial charge in [-0.15, -0.1) is 0 Å². The third-order valence-electron chi connectivity index (χ3n) is 3.35. The predicted octanol–water partition coefficient (Wildman–Crippen LogP) is 2.81. The summed E-state index contributed by atoms with van der Waals surface area (Å²) in [6, 6.07) is 5.69. The van der Waals surface area contributed by atoms with Gasteiger partial charge in [-0.3, -0.25) is 0 Å². The maximum absolute atomic E-state index is 6.19. The van der Waals surface area contributed by atoms with Crippen LogP contribution in [0.25, 0.3) is 11.3 Å². The molecular weight excluding hydrogens is 254 g/mol. The van der Waals surface area contributed by atoms with Crippen molar-refractivity contribution in [3.8, 4) is 22.8 Å². The smallest absolute Gasteiger partial charge is 0.170 e. The molecule has 0 aliphatic heterocycles. The molecule has 20 heavy (non-hydrogen) atoms. The molecule has 2 N–H and O–H groups in total. The number of para-hydroxylation sites is 1. The lowest BCUT2D eigenvalue weighted by molar-refractivity contribution is 0.356. The van der Waals surface area contributed by atoms with Crippen molar-refractivity contribution < 1.29 is 9.47 Å². The van der Waals surface area contributed by atoms with E-state index in [2.05, 4.69) is 18.8 Å². The number of benzene rings is 1. The number of nitrogen functional groups attached to an aromatic ring is 1. The first-order valence-corrected chi connectivity index (χ1v) is 6.54. The second-order valence-electron chi connectivity index (χ2n) is 4.96. The second kappa shape index (κ2) is 5.45. The van der Waals surface area contributed by atoms with Crippen LogP contribution < -0.4 is 15.2 Å². The first kappa shape index (κ1) is 14.2. The summed E-state index contributed by atoms with van der Waals surface area (Å²) in [6.45, 7) is 4.18. The Labute approximate surface area is 119 Å². The molecule has 0 saturated heterocycles. The second-order valence-corrected chi connectivity index (χ2v) is 4.96. The van der Waals surface area contributed by atoms with E-state index in [0.29, 0.717) is 23.2 Å². The van der Waals surface area contributed by atoms with E-state index >= 15 is 0 Å². The highest BCUT2D eigenvalue weighted by atomic mass is 16.5. The third-order valence-corrected chi connectivity index (χ3v) is 3.35. The van der Waals surface area contributed by atoms with Crippen LogP contribution in [0.3, 0.4) is 0 Å². The highest BCUT2D eigenvalue weighted by Gasteiger charge is 2.20. The SMILES string of the molecule is COc1cccc(-c2nc(C(C)C)n(C)c2N)c1OC. The number of hydrogen-bond acceptors (Lipinski definition) is 4. The summed E-state index contributed by atoms with van der Waals surface area (Å²) in [5.41, 5.74) is 7.76. The van der Waals surface area contributed by atoms with E-state index in [1.54, 1.807) is 14.2 Å². The molecule has 1 aromatic heterocycles. The molecule has 0 saturated carbocycles. The molecule has 0 fully saturated rings. The number of rotatable bonds is 4. The van der Waals surface area contributed by atoms with Crippen molar-refractivity contribution in [1.82, 2.24) is 9.55 Å². The van der Waals surface area contributed by atoms with Gasteiger partial charge in [0.05, 0.1) is 14.2 Å². The van der Waals surface area contributed by atoms with Gasteiger partial charge in [0.2, 0.25) is 0 Å². The van der Waals surface area contributed by atoms with Crippen LogP contribution in [-0.2, 0) is 7.05 Å². The average Bonchev–Trinajstić information content (AvgIpc) is 2.74. The van der Waals surface area contributed by atoms with Gasteiger partial charge in [0.15, 0.2) is 11.5 Å². The summed E-state index contributed by atoms with van der Waals surface area (Å²) in [6.07, 6.45) is 0. The van der Waals surface area contributed by atoms with Crippen LogP contribution in [0.5, 0.6) is 11.5 Å². The van der Waals surface area contributed by atoms with E-state index in [9.17, 15) is 0 Å². The van der Waals surface area contributed by atoms with Crippen molar-refractivity contribution in [2.45, 2.75) is 19.8 Å². The van der Waals surface area contributed by atoms with Gasteiger partial charge in [0, 0.05) is 18.5 Å². The van der Waals surface area contributed by atoms with Crippen molar-refractivity contribution in [2.24, 2.45) is 7.05 Å². The van der Waals surface area contributed by atoms with Gasteiger partial charge in [0.1, 0.15) is 17.3 Å². The van der Waals surface area contributed by atoms with Crippen molar-refractivity contribution in [3.63, 3.8) is 0 Å². The van der Waals surface area contributed by atoms with Crippen molar-refractivity contribution in [3.05, 3.63) is 24.0 Å². The Balaban J connectivity index is 2.66. The van der Waals surface area contributed by atoms with Crippen LogP contribution in [0.4, 0.5) is 5.82 Å². The molecule has 5 nitrogen and oxygen atoms in total. The fourth-order valence-corrected chi connectivity index (χ4v) is 2.32. The van der Waals surface area contributed by atoms with Crippen LogP contribution in [0.2, 0.25) is 0 Å². The minimum absolute atomic E-state index is 0.299. The van der Waals surface area contributed by atoms with Crippen LogP contribution in [0.15, 0.2) is 18.2 Å². The summed E-state index contributed by atoms with van der Waals surface area (Å²) < 4.78 is 12.7. The monoisotopic (exact) mass is 275 g/mol.